The van der Waals surface area contributed by atoms with Crippen molar-refractivity contribution in [3.63, 3.8) is 0 Å². The zero-order chi connectivity index (χ0) is 12.8. The summed E-state index contributed by atoms with van der Waals surface area (Å²) < 4.78 is 6.86. The van der Waals surface area contributed by atoms with Crippen LogP contribution in [-0.2, 0) is 13.1 Å². The van der Waals surface area contributed by atoms with E-state index in [0.717, 1.165) is 24.5 Å². The van der Waals surface area contributed by atoms with E-state index < -0.39 is 0 Å². The normalized spacial score (nSPS) is 10.6. The summed E-state index contributed by atoms with van der Waals surface area (Å²) in [6.07, 6.45) is 1.92. The Morgan fingerprint density at radius 1 is 1.33 bits per heavy atom. The van der Waals surface area contributed by atoms with E-state index in [4.69, 9.17) is 4.74 Å². The number of nitrogens with one attached hydrogen (secondary N) is 1. The van der Waals surface area contributed by atoms with Crippen molar-refractivity contribution >= 4 is 0 Å². The fraction of sp³-hybridized carbons (Fsp3) is 0.417. The van der Waals surface area contributed by atoms with Gasteiger partial charge in [-0.3, -0.25) is 0 Å². The van der Waals surface area contributed by atoms with Gasteiger partial charge in [0.05, 0.1) is 31.2 Å². The first-order valence-electron chi connectivity index (χ1n) is 5.91. The number of methoxy groups -OCH3 is 1. The minimum absolute atomic E-state index is 0.594. The van der Waals surface area contributed by atoms with Crippen LogP contribution >= 0.6 is 0 Å². The lowest BCUT2D eigenvalue weighted by Gasteiger charge is -2.02. The van der Waals surface area contributed by atoms with Gasteiger partial charge in [0.15, 0.2) is 0 Å². The van der Waals surface area contributed by atoms with Gasteiger partial charge in [0.25, 0.3) is 0 Å². The van der Waals surface area contributed by atoms with E-state index in [9.17, 15) is 0 Å². The third kappa shape index (κ3) is 3.27. The lowest BCUT2D eigenvalue weighted by molar-refractivity contribution is 0.395. The first kappa shape index (κ1) is 12.5. The summed E-state index contributed by atoms with van der Waals surface area (Å²) >= 11 is 0. The van der Waals surface area contributed by atoms with Gasteiger partial charge in [0.2, 0.25) is 5.88 Å². The molecule has 0 atom stereocenters. The number of rotatable bonds is 6. The van der Waals surface area contributed by atoms with E-state index in [-0.39, 0.29) is 0 Å². The topological polar surface area (TPSA) is 64.9 Å². The predicted molar refractivity (Wildman–Crippen MR) is 67.3 cm³/mol. The molecule has 6 heteroatoms. The summed E-state index contributed by atoms with van der Waals surface area (Å²) in [6, 6.07) is 5.67. The molecular formula is C12H17N5O. The van der Waals surface area contributed by atoms with Crippen LogP contribution in [0.4, 0.5) is 0 Å². The molecule has 0 aliphatic heterocycles. The molecule has 2 aromatic rings. The fourth-order valence-corrected chi connectivity index (χ4v) is 1.58. The molecule has 0 amide bonds. The number of aromatic nitrogens is 4. The molecule has 0 aliphatic rings. The van der Waals surface area contributed by atoms with Crippen molar-refractivity contribution in [3.05, 3.63) is 35.8 Å². The van der Waals surface area contributed by atoms with Crippen LogP contribution in [-0.4, -0.2) is 33.6 Å². The van der Waals surface area contributed by atoms with Gasteiger partial charge >= 0.3 is 0 Å². The van der Waals surface area contributed by atoms with E-state index in [1.165, 1.54) is 0 Å². The van der Waals surface area contributed by atoms with Crippen LogP contribution < -0.4 is 10.1 Å². The van der Waals surface area contributed by atoms with E-state index >= 15 is 0 Å². The number of pyridine rings is 1. The van der Waals surface area contributed by atoms with Crippen LogP contribution in [0, 0.1) is 0 Å². The Morgan fingerprint density at radius 2 is 2.22 bits per heavy atom. The Morgan fingerprint density at radius 3 is 3.00 bits per heavy atom. The van der Waals surface area contributed by atoms with Crippen LogP contribution in [0.3, 0.4) is 0 Å². The Hall–Kier alpha value is -1.95. The Balaban J connectivity index is 2.01. The van der Waals surface area contributed by atoms with Gasteiger partial charge in [0, 0.05) is 12.6 Å². The number of hydrogen-bond acceptors (Lipinski definition) is 5. The van der Waals surface area contributed by atoms with Crippen LogP contribution in [0.5, 0.6) is 5.88 Å². The van der Waals surface area contributed by atoms with Crippen molar-refractivity contribution in [3.8, 4) is 5.88 Å². The quantitative estimate of drug-likeness (QED) is 0.819. The molecule has 0 radical (unpaired) electrons. The summed E-state index contributed by atoms with van der Waals surface area (Å²) in [5, 5.41) is 11.4. The monoisotopic (exact) mass is 247 g/mol. The average molecular weight is 247 g/mol. The maximum atomic E-state index is 5.08. The molecule has 2 aromatic heterocycles. The van der Waals surface area contributed by atoms with Crippen molar-refractivity contribution < 1.29 is 4.74 Å². The van der Waals surface area contributed by atoms with Crippen molar-refractivity contribution in [2.45, 2.75) is 20.0 Å². The second-order valence-electron chi connectivity index (χ2n) is 3.86. The SMILES string of the molecule is CCNCc1cn(Cc2cccc(OC)n2)nn1. The summed E-state index contributed by atoms with van der Waals surface area (Å²) in [5.41, 5.74) is 1.83. The summed E-state index contributed by atoms with van der Waals surface area (Å²) in [6.45, 7) is 4.31. The molecular weight excluding hydrogens is 230 g/mol. The third-order valence-corrected chi connectivity index (χ3v) is 2.46. The molecule has 0 aliphatic carbocycles. The lowest BCUT2D eigenvalue weighted by atomic mass is 10.3. The van der Waals surface area contributed by atoms with Crippen molar-refractivity contribution in [1.29, 1.82) is 0 Å². The summed E-state index contributed by atoms with van der Waals surface area (Å²) in [5.74, 6) is 0.612. The average Bonchev–Trinajstić information content (AvgIpc) is 2.84. The number of hydrogen-bond donors (Lipinski definition) is 1. The van der Waals surface area contributed by atoms with E-state index in [1.807, 2.05) is 24.4 Å². The molecule has 96 valence electrons. The molecule has 0 spiro atoms. The molecule has 0 bridgehead atoms. The van der Waals surface area contributed by atoms with Crippen LogP contribution in [0.25, 0.3) is 0 Å². The predicted octanol–water partition coefficient (Wildman–Crippen LogP) is 0.839. The van der Waals surface area contributed by atoms with E-state index in [1.54, 1.807) is 11.8 Å². The highest BCUT2D eigenvalue weighted by Crippen LogP contribution is 2.07. The molecule has 0 unspecified atom stereocenters. The highest BCUT2D eigenvalue weighted by Gasteiger charge is 2.03. The highest BCUT2D eigenvalue weighted by molar-refractivity contribution is 5.15. The Bertz CT molecular complexity index is 497. The maximum absolute atomic E-state index is 5.08. The van der Waals surface area contributed by atoms with Crippen LogP contribution in [0.1, 0.15) is 18.3 Å². The first-order chi connectivity index (χ1) is 8.81. The third-order valence-electron chi connectivity index (χ3n) is 2.46. The molecule has 18 heavy (non-hydrogen) atoms. The maximum Gasteiger partial charge on any atom is 0.213 e. The van der Waals surface area contributed by atoms with Crippen molar-refractivity contribution in [1.82, 2.24) is 25.3 Å². The van der Waals surface area contributed by atoms with Gasteiger partial charge < -0.3 is 10.1 Å². The molecule has 0 fully saturated rings. The van der Waals surface area contributed by atoms with Crippen molar-refractivity contribution in [2.75, 3.05) is 13.7 Å². The zero-order valence-electron chi connectivity index (χ0n) is 10.6. The molecule has 0 saturated heterocycles. The number of nitrogens with zero attached hydrogens (tertiary/aromatic N) is 4. The smallest absolute Gasteiger partial charge is 0.213 e. The van der Waals surface area contributed by atoms with Gasteiger partial charge in [-0.2, -0.15) is 0 Å². The van der Waals surface area contributed by atoms with Crippen LogP contribution in [0.15, 0.2) is 24.4 Å². The Labute approximate surface area is 106 Å². The molecule has 2 heterocycles. The largest absolute Gasteiger partial charge is 0.481 e. The summed E-state index contributed by atoms with van der Waals surface area (Å²) in [7, 11) is 1.61. The van der Waals surface area contributed by atoms with Gasteiger partial charge in [-0.15, -0.1) is 5.10 Å². The minimum atomic E-state index is 0.594. The first-order valence-corrected chi connectivity index (χ1v) is 5.91. The molecule has 0 saturated carbocycles. The second kappa shape index (κ2) is 6.11. The molecule has 1 N–H and O–H groups in total. The van der Waals surface area contributed by atoms with E-state index in [0.29, 0.717) is 12.4 Å². The molecule has 2 rings (SSSR count). The zero-order valence-corrected chi connectivity index (χ0v) is 10.6. The number of ether oxygens (including phenoxy) is 1. The van der Waals surface area contributed by atoms with E-state index in [2.05, 4.69) is 27.5 Å². The minimum Gasteiger partial charge on any atom is -0.481 e. The molecule has 0 aromatic carbocycles. The van der Waals surface area contributed by atoms with Crippen molar-refractivity contribution in [2.24, 2.45) is 0 Å². The van der Waals surface area contributed by atoms with Gasteiger partial charge in [-0.25, -0.2) is 9.67 Å². The standard InChI is InChI=1S/C12H17N5O/c1-3-13-7-11-9-17(16-15-11)8-10-5-4-6-12(14-10)18-2/h4-6,9,13H,3,7-8H2,1-2H3. The Kier molecular flexibility index (Phi) is 4.25. The summed E-state index contributed by atoms with van der Waals surface area (Å²) in [4.78, 5) is 4.33. The molecule has 6 nitrogen and oxygen atoms in total. The lowest BCUT2D eigenvalue weighted by Crippen LogP contribution is -2.11. The van der Waals surface area contributed by atoms with Crippen LogP contribution in [0.2, 0.25) is 0 Å². The fourth-order valence-electron chi connectivity index (χ4n) is 1.58. The van der Waals surface area contributed by atoms with Gasteiger partial charge in [0.1, 0.15) is 0 Å². The van der Waals surface area contributed by atoms with Gasteiger partial charge in [-0.05, 0) is 12.6 Å². The second-order valence-corrected chi connectivity index (χ2v) is 3.86. The van der Waals surface area contributed by atoms with Gasteiger partial charge in [-0.1, -0.05) is 18.2 Å². The highest BCUT2D eigenvalue weighted by atomic mass is 16.5.